The second kappa shape index (κ2) is 5.80. The second-order valence-electron chi connectivity index (χ2n) is 5.90. The molecule has 1 aromatic heterocycles. The van der Waals surface area contributed by atoms with Gasteiger partial charge in [-0.2, -0.15) is 0 Å². The van der Waals surface area contributed by atoms with Crippen molar-refractivity contribution in [1.29, 1.82) is 0 Å². The Balaban J connectivity index is 1.59. The number of nitrogens with one attached hydrogen (secondary N) is 1. The average molecular weight is 305 g/mol. The molecule has 0 saturated carbocycles. The molecule has 116 valence electrons. The maximum absolute atomic E-state index is 10.0. The first-order chi connectivity index (χ1) is 11.3. The maximum atomic E-state index is 10.0. The number of rotatable bonds is 3. The quantitative estimate of drug-likeness (QED) is 0.712. The zero-order valence-electron chi connectivity index (χ0n) is 12.9. The second-order valence-corrected chi connectivity index (χ2v) is 5.90. The molecule has 0 amide bonds. The van der Waals surface area contributed by atoms with Crippen LogP contribution in [0.4, 0.5) is 11.4 Å². The summed E-state index contributed by atoms with van der Waals surface area (Å²) in [6, 6.07) is 16.1. The third-order valence-electron chi connectivity index (χ3n) is 4.39. The minimum Gasteiger partial charge on any atom is -0.494 e. The smallest absolute Gasteiger partial charge is 0.198 e. The fourth-order valence-corrected chi connectivity index (χ4v) is 3.14. The van der Waals surface area contributed by atoms with E-state index < -0.39 is 0 Å². The summed E-state index contributed by atoms with van der Waals surface area (Å²) in [6.45, 7) is 2.29. The van der Waals surface area contributed by atoms with Crippen molar-refractivity contribution in [2.45, 2.75) is 12.8 Å². The van der Waals surface area contributed by atoms with Crippen molar-refractivity contribution in [2.24, 2.45) is 4.99 Å². The predicted molar refractivity (Wildman–Crippen MR) is 95.1 cm³/mol. The Morgan fingerprint density at radius 2 is 1.74 bits per heavy atom. The Morgan fingerprint density at radius 3 is 2.52 bits per heavy atom. The van der Waals surface area contributed by atoms with Crippen LogP contribution in [0.25, 0.3) is 10.9 Å². The Hall–Kier alpha value is -2.75. The number of aromatic nitrogens is 1. The van der Waals surface area contributed by atoms with E-state index >= 15 is 0 Å². The monoisotopic (exact) mass is 305 g/mol. The van der Waals surface area contributed by atoms with Crippen LogP contribution in [-0.2, 0) is 0 Å². The van der Waals surface area contributed by atoms with E-state index in [2.05, 4.69) is 27.0 Å². The van der Waals surface area contributed by atoms with Gasteiger partial charge in [0, 0.05) is 35.9 Å². The van der Waals surface area contributed by atoms with Gasteiger partial charge < -0.3 is 15.0 Å². The molecule has 3 aromatic rings. The molecule has 4 rings (SSSR count). The van der Waals surface area contributed by atoms with Crippen molar-refractivity contribution in [3.05, 3.63) is 54.1 Å². The Morgan fingerprint density at radius 1 is 1.00 bits per heavy atom. The molecule has 0 atom stereocenters. The minimum absolute atomic E-state index is 0.156. The fraction of sp³-hybridized carbons (Fsp3) is 0.211. The van der Waals surface area contributed by atoms with Crippen molar-refractivity contribution in [2.75, 3.05) is 18.0 Å². The van der Waals surface area contributed by atoms with Gasteiger partial charge in [-0.05, 0) is 43.2 Å². The third kappa shape index (κ3) is 2.68. The summed E-state index contributed by atoms with van der Waals surface area (Å²) in [5.41, 5.74) is 3.79. The highest BCUT2D eigenvalue weighted by atomic mass is 16.3. The van der Waals surface area contributed by atoms with Crippen LogP contribution in [0.2, 0.25) is 0 Å². The first kappa shape index (κ1) is 13.9. The highest BCUT2D eigenvalue weighted by Crippen LogP contribution is 2.27. The molecule has 0 unspecified atom stereocenters. The van der Waals surface area contributed by atoms with Crippen LogP contribution >= 0.6 is 0 Å². The molecular weight excluding hydrogens is 286 g/mol. The Labute approximate surface area is 135 Å². The van der Waals surface area contributed by atoms with E-state index in [4.69, 9.17) is 0 Å². The van der Waals surface area contributed by atoms with E-state index in [0.717, 1.165) is 35.2 Å². The molecule has 1 aliphatic heterocycles. The number of anilines is 1. The zero-order chi connectivity index (χ0) is 15.6. The lowest BCUT2D eigenvalue weighted by Gasteiger charge is -2.17. The molecular formula is C19H19N3O. The Kier molecular flexibility index (Phi) is 3.50. The van der Waals surface area contributed by atoms with E-state index in [0.29, 0.717) is 0 Å². The standard InChI is InChI=1S/C19H19N3O/c23-19-17(16-5-1-2-6-18(16)21-19)13-20-14-7-9-15(10-8-14)22-11-3-4-12-22/h1-2,5-10,13,21,23H,3-4,11-12H2. The normalized spacial score (nSPS) is 15.0. The van der Waals surface area contributed by atoms with Crippen LogP contribution < -0.4 is 4.90 Å². The Bertz CT molecular complexity index is 843. The van der Waals surface area contributed by atoms with Gasteiger partial charge in [-0.25, -0.2) is 0 Å². The molecule has 0 spiro atoms. The molecule has 2 heterocycles. The van der Waals surface area contributed by atoms with Gasteiger partial charge >= 0.3 is 0 Å². The molecule has 0 bridgehead atoms. The number of aromatic hydroxyl groups is 1. The number of para-hydroxylation sites is 1. The summed E-state index contributed by atoms with van der Waals surface area (Å²) in [7, 11) is 0. The third-order valence-corrected chi connectivity index (χ3v) is 4.39. The molecule has 1 saturated heterocycles. The topological polar surface area (TPSA) is 51.6 Å². The number of fused-ring (bicyclic) bond motifs is 1. The molecule has 0 aliphatic carbocycles. The SMILES string of the molecule is Oc1[nH]c2ccccc2c1C=Nc1ccc(N2CCCC2)cc1. The summed E-state index contributed by atoms with van der Waals surface area (Å²) in [6.07, 6.45) is 4.28. The van der Waals surface area contributed by atoms with Crippen molar-refractivity contribution in [3.63, 3.8) is 0 Å². The first-order valence-electron chi connectivity index (χ1n) is 8.00. The van der Waals surface area contributed by atoms with Crippen LogP contribution in [0, 0.1) is 0 Å². The molecule has 1 aliphatic rings. The van der Waals surface area contributed by atoms with E-state index in [1.165, 1.54) is 18.5 Å². The highest BCUT2D eigenvalue weighted by Gasteiger charge is 2.11. The van der Waals surface area contributed by atoms with Crippen LogP contribution in [0.3, 0.4) is 0 Å². The summed E-state index contributed by atoms with van der Waals surface area (Å²) in [4.78, 5) is 9.87. The van der Waals surface area contributed by atoms with Gasteiger partial charge in [0.25, 0.3) is 0 Å². The van der Waals surface area contributed by atoms with Gasteiger partial charge in [0.15, 0.2) is 5.88 Å². The van der Waals surface area contributed by atoms with Gasteiger partial charge in [0.1, 0.15) is 0 Å². The van der Waals surface area contributed by atoms with Gasteiger partial charge in [-0.15, -0.1) is 0 Å². The number of nitrogens with zero attached hydrogens (tertiary/aromatic N) is 2. The van der Waals surface area contributed by atoms with Crippen molar-refractivity contribution in [3.8, 4) is 5.88 Å². The number of aromatic amines is 1. The molecule has 1 fully saturated rings. The van der Waals surface area contributed by atoms with Crippen LogP contribution in [-0.4, -0.2) is 29.4 Å². The summed E-state index contributed by atoms with van der Waals surface area (Å²) in [5, 5.41) is 11.0. The lowest BCUT2D eigenvalue weighted by molar-refractivity contribution is 0.457. The lowest BCUT2D eigenvalue weighted by atomic mass is 10.2. The first-order valence-corrected chi connectivity index (χ1v) is 8.00. The number of hydrogen-bond donors (Lipinski definition) is 2. The molecule has 4 heteroatoms. The van der Waals surface area contributed by atoms with E-state index in [1.54, 1.807) is 6.21 Å². The van der Waals surface area contributed by atoms with Gasteiger partial charge in [0.2, 0.25) is 0 Å². The molecule has 2 aromatic carbocycles. The fourth-order valence-electron chi connectivity index (χ4n) is 3.14. The highest BCUT2D eigenvalue weighted by molar-refractivity contribution is 6.02. The molecule has 23 heavy (non-hydrogen) atoms. The summed E-state index contributed by atoms with van der Waals surface area (Å²) < 4.78 is 0. The largest absolute Gasteiger partial charge is 0.494 e. The molecule has 0 radical (unpaired) electrons. The predicted octanol–water partition coefficient (Wildman–Crippen LogP) is 4.22. The van der Waals surface area contributed by atoms with E-state index in [1.807, 2.05) is 36.4 Å². The van der Waals surface area contributed by atoms with E-state index in [-0.39, 0.29) is 5.88 Å². The average Bonchev–Trinajstić information content (AvgIpc) is 3.21. The van der Waals surface area contributed by atoms with Gasteiger partial charge in [-0.1, -0.05) is 18.2 Å². The molecule has 2 N–H and O–H groups in total. The number of benzene rings is 2. The zero-order valence-corrected chi connectivity index (χ0v) is 12.9. The van der Waals surface area contributed by atoms with Crippen LogP contribution in [0.15, 0.2) is 53.5 Å². The minimum atomic E-state index is 0.156. The van der Waals surface area contributed by atoms with Gasteiger partial charge in [-0.3, -0.25) is 4.99 Å². The van der Waals surface area contributed by atoms with Crippen molar-refractivity contribution < 1.29 is 5.11 Å². The lowest BCUT2D eigenvalue weighted by Crippen LogP contribution is -2.17. The van der Waals surface area contributed by atoms with Crippen LogP contribution in [0.5, 0.6) is 5.88 Å². The number of aliphatic imine (C=N–C) groups is 1. The number of H-pyrrole nitrogens is 1. The summed E-state index contributed by atoms with van der Waals surface area (Å²) in [5.74, 6) is 0.156. The van der Waals surface area contributed by atoms with E-state index in [9.17, 15) is 5.11 Å². The van der Waals surface area contributed by atoms with Crippen LogP contribution in [0.1, 0.15) is 18.4 Å². The van der Waals surface area contributed by atoms with Crippen molar-refractivity contribution in [1.82, 2.24) is 4.98 Å². The number of hydrogen-bond acceptors (Lipinski definition) is 3. The summed E-state index contributed by atoms with van der Waals surface area (Å²) >= 11 is 0. The van der Waals surface area contributed by atoms with Crippen molar-refractivity contribution >= 4 is 28.5 Å². The molecule has 4 nitrogen and oxygen atoms in total. The maximum Gasteiger partial charge on any atom is 0.198 e. The van der Waals surface area contributed by atoms with Gasteiger partial charge in [0.05, 0.1) is 11.3 Å².